The zero-order valence-corrected chi connectivity index (χ0v) is 17.6. The second kappa shape index (κ2) is 8.60. The molecule has 3 aromatic rings. The van der Waals surface area contributed by atoms with Gasteiger partial charge in [0.05, 0.1) is 29.6 Å². The summed E-state index contributed by atoms with van der Waals surface area (Å²) >= 11 is 0. The first-order valence-corrected chi connectivity index (χ1v) is 10.3. The van der Waals surface area contributed by atoms with Gasteiger partial charge in [-0.25, -0.2) is 4.68 Å². The lowest BCUT2D eigenvalue weighted by Gasteiger charge is -2.22. The van der Waals surface area contributed by atoms with Crippen LogP contribution in [0.2, 0.25) is 0 Å². The van der Waals surface area contributed by atoms with Crippen LogP contribution in [-0.2, 0) is 12.7 Å². The van der Waals surface area contributed by atoms with Crippen molar-refractivity contribution in [2.75, 3.05) is 6.61 Å². The number of halogens is 3. The molecule has 2 heterocycles. The quantitative estimate of drug-likeness (QED) is 0.545. The van der Waals surface area contributed by atoms with Gasteiger partial charge < -0.3 is 9.64 Å². The van der Waals surface area contributed by atoms with Crippen LogP contribution < -0.4 is 4.74 Å². The lowest BCUT2D eigenvalue weighted by molar-refractivity contribution is -0.137. The zero-order chi connectivity index (χ0) is 22.9. The van der Waals surface area contributed by atoms with Gasteiger partial charge in [-0.3, -0.25) is 4.79 Å². The second-order valence-corrected chi connectivity index (χ2v) is 7.58. The van der Waals surface area contributed by atoms with Crippen LogP contribution in [0, 0.1) is 6.92 Å². The van der Waals surface area contributed by atoms with E-state index in [1.54, 1.807) is 24.0 Å². The van der Waals surface area contributed by atoms with E-state index in [4.69, 9.17) is 4.74 Å². The summed E-state index contributed by atoms with van der Waals surface area (Å²) in [6, 6.07) is 8.35. The fourth-order valence-corrected chi connectivity index (χ4v) is 3.40. The van der Waals surface area contributed by atoms with Crippen molar-refractivity contribution in [1.82, 2.24) is 24.9 Å². The van der Waals surface area contributed by atoms with Gasteiger partial charge in [-0.05, 0) is 50.5 Å². The van der Waals surface area contributed by atoms with E-state index >= 15 is 0 Å². The van der Waals surface area contributed by atoms with Crippen LogP contribution in [0.4, 0.5) is 13.2 Å². The van der Waals surface area contributed by atoms with E-state index in [0.29, 0.717) is 35.1 Å². The van der Waals surface area contributed by atoms with Gasteiger partial charge in [0, 0.05) is 18.7 Å². The van der Waals surface area contributed by atoms with Gasteiger partial charge in [-0.1, -0.05) is 12.1 Å². The number of aromatic nitrogens is 4. The van der Waals surface area contributed by atoms with E-state index in [0.717, 1.165) is 25.0 Å². The fourth-order valence-electron chi connectivity index (χ4n) is 3.40. The van der Waals surface area contributed by atoms with Crippen molar-refractivity contribution in [3.05, 3.63) is 65.0 Å². The average molecular weight is 445 g/mol. The number of carbonyl (C=O) groups is 1. The highest BCUT2D eigenvalue weighted by atomic mass is 19.4. The van der Waals surface area contributed by atoms with E-state index in [9.17, 15) is 18.0 Å². The minimum absolute atomic E-state index is 0.0674. The monoisotopic (exact) mass is 445 g/mol. The van der Waals surface area contributed by atoms with Crippen LogP contribution in [0.3, 0.4) is 0 Å². The Kier molecular flexibility index (Phi) is 5.86. The SMILES string of the molecule is CCOc1ccc(-n2ncc(C(=O)N(Cc3ccc(C(F)(F)F)cc3)C3CC3)c2C)nn1. The van der Waals surface area contributed by atoms with Gasteiger partial charge in [-0.2, -0.15) is 18.3 Å². The predicted octanol–water partition coefficient (Wildman–Crippen LogP) is 4.19. The van der Waals surface area contributed by atoms with Crippen molar-refractivity contribution in [3.8, 4) is 11.7 Å². The third-order valence-corrected chi connectivity index (χ3v) is 5.26. The first kappa shape index (κ1) is 21.8. The zero-order valence-electron chi connectivity index (χ0n) is 17.6. The van der Waals surface area contributed by atoms with Gasteiger partial charge in [0.15, 0.2) is 5.82 Å². The average Bonchev–Trinajstić information content (AvgIpc) is 3.54. The molecular weight excluding hydrogens is 423 g/mol. The Bertz CT molecular complexity index is 1090. The summed E-state index contributed by atoms with van der Waals surface area (Å²) in [6.45, 7) is 4.32. The lowest BCUT2D eigenvalue weighted by Crippen LogP contribution is -2.33. The first-order chi connectivity index (χ1) is 15.3. The van der Waals surface area contributed by atoms with Crippen molar-refractivity contribution < 1.29 is 22.7 Å². The van der Waals surface area contributed by atoms with E-state index < -0.39 is 11.7 Å². The third-order valence-electron chi connectivity index (χ3n) is 5.26. The van der Waals surface area contributed by atoms with Gasteiger partial charge in [0.2, 0.25) is 5.88 Å². The molecule has 0 N–H and O–H groups in total. The second-order valence-electron chi connectivity index (χ2n) is 7.58. The summed E-state index contributed by atoms with van der Waals surface area (Å²) < 4.78 is 45.3. The molecule has 168 valence electrons. The molecule has 1 amide bonds. The van der Waals surface area contributed by atoms with Crippen LogP contribution in [0.5, 0.6) is 5.88 Å². The maximum atomic E-state index is 13.3. The normalized spacial score (nSPS) is 13.8. The van der Waals surface area contributed by atoms with Crippen molar-refractivity contribution in [1.29, 1.82) is 0 Å². The molecule has 32 heavy (non-hydrogen) atoms. The van der Waals surface area contributed by atoms with E-state index in [-0.39, 0.29) is 18.5 Å². The van der Waals surface area contributed by atoms with Crippen LogP contribution >= 0.6 is 0 Å². The maximum Gasteiger partial charge on any atom is 0.416 e. The molecule has 0 saturated heterocycles. The molecule has 7 nitrogen and oxygen atoms in total. The van der Waals surface area contributed by atoms with Crippen LogP contribution in [0.15, 0.2) is 42.6 Å². The molecule has 2 aromatic heterocycles. The molecule has 4 rings (SSSR count). The van der Waals surface area contributed by atoms with Gasteiger partial charge in [0.25, 0.3) is 5.91 Å². The Balaban J connectivity index is 1.54. The molecule has 0 radical (unpaired) electrons. The van der Waals surface area contributed by atoms with Gasteiger partial charge in [0.1, 0.15) is 0 Å². The summed E-state index contributed by atoms with van der Waals surface area (Å²) in [4.78, 5) is 15.0. The largest absolute Gasteiger partial charge is 0.477 e. The Labute approximate surface area is 182 Å². The van der Waals surface area contributed by atoms with Crippen molar-refractivity contribution in [3.63, 3.8) is 0 Å². The molecule has 0 bridgehead atoms. The number of alkyl halides is 3. The number of benzene rings is 1. The molecule has 10 heteroatoms. The summed E-state index contributed by atoms with van der Waals surface area (Å²) in [5.41, 5.74) is 0.950. The van der Waals surface area contributed by atoms with Crippen LogP contribution in [-0.4, -0.2) is 43.4 Å². The first-order valence-electron chi connectivity index (χ1n) is 10.3. The molecule has 1 fully saturated rings. The summed E-state index contributed by atoms with van der Waals surface area (Å²) in [6.07, 6.45) is -1.17. The van der Waals surface area contributed by atoms with E-state index in [1.165, 1.54) is 23.0 Å². The van der Waals surface area contributed by atoms with Crippen LogP contribution in [0.1, 0.15) is 46.9 Å². The highest BCUT2D eigenvalue weighted by Gasteiger charge is 2.35. The number of carbonyl (C=O) groups excluding carboxylic acids is 1. The number of nitrogens with zero attached hydrogens (tertiary/aromatic N) is 5. The number of hydrogen-bond donors (Lipinski definition) is 0. The van der Waals surface area contributed by atoms with E-state index in [1.807, 2.05) is 6.92 Å². The summed E-state index contributed by atoms with van der Waals surface area (Å²) in [5, 5.41) is 12.4. The molecular formula is C22H22F3N5O2. The number of amides is 1. The minimum Gasteiger partial charge on any atom is -0.477 e. The molecule has 0 aliphatic heterocycles. The molecule has 0 spiro atoms. The highest BCUT2D eigenvalue weighted by molar-refractivity contribution is 5.95. The van der Waals surface area contributed by atoms with E-state index in [2.05, 4.69) is 15.3 Å². The van der Waals surface area contributed by atoms with Gasteiger partial charge >= 0.3 is 6.18 Å². The molecule has 0 atom stereocenters. The molecule has 1 aliphatic carbocycles. The Morgan fingerprint density at radius 3 is 2.44 bits per heavy atom. The topological polar surface area (TPSA) is 73.1 Å². The Morgan fingerprint density at radius 2 is 1.88 bits per heavy atom. The predicted molar refractivity (Wildman–Crippen MR) is 109 cm³/mol. The summed E-state index contributed by atoms with van der Waals surface area (Å²) in [5.74, 6) is 0.634. The Hall–Kier alpha value is -3.43. The molecule has 1 saturated carbocycles. The number of hydrogen-bond acceptors (Lipinski definition) is 5. The minimum atomic E-state index is -4.39. The molecule has 1 aromatic carbocycles. The lowest BCUT2D eigenvalue weighted by atomic mass is 10.1. The number of ether oxygens (including phenoxy) is 1. The smallest absolute Gasteiger partial charge is 0.416 e. The van der Waals surface area contributed by atoms with Crippen LogP contribution in [0.25, 0.3) is 5.82 Å². The fraction of sp³-hybridized carbons (Fsp3) is 0.364. The molecule has 0 unspecified atom stereocenters. The number of rotatable bonds is 7. The Morgan fingerprint density at radius 1 is 1.16 bits per heavy atom. The van der Waals surface area contributed by atoms with Crippen molar-refractivity contribution in [2.24, 2.45) is 0 Å². The standard InChI is InChI=1S/C22H22F3N5O2/c1-3-32-20-11-10-19(27-28-20)30-14(2)18(12-26-30)21(31)29(17-8-9-17)13-15-4-6-16(7-5-15)22(23,24)25/h4-7,10-12,17H,3,8-9,13H2,1-2H3. The third kappa shape index (κ3) is 4.58. The molecule has 1 aliphatic rings. The maximum absolute atomic E-state index is 13.3. The van der Waals surface area contributed by atoms with Crippen molar-refractivity contribution >= 4 is 5.91 Å². The van der Waals surface area contributed by atoms with Crippen molar-refractivity contribution in [2.45, 2.75) is 45.5 Å². The highest BCUT2D eigenvalue weighted by Crippen LogP contribution is 2.32. The summed E-state index contributed by atoms with van der Waals surface area (Å²) in [7, 11) is 0. The van der Waals surface area contributed by atoms with Gasteiger partial charge in [-0.15, -0.1) is 10.2 Å².